The molecule has 0 radical (unpaired) electrons. The van der Waals surface area contributed by atoms with Gasteiger partial charge in [-0.15, -0.1) is 0 Å². The van der Waals surface area contributed by atoms with Gasteiger partial charge in [-0.2, -0.15) is 0 Å². The first-order valence-corrected chi connectivity index (χ1v) is 5.45. The summed E-state index contributed by atoms with van der Waals surface area (Å²) in [5, 5.41) is 3.62. The summed E-state index contributed by atoms with van der Waals surface area (Å²) in [7, 11) is 1.62. The Morgan fingerprint density at radius 1 is 1.41 bits per heavy atom. The lowest BCUT2D eigenvalue weighted by Gasteiger charge is -2.22. The average Bonchev–Trinajstić information content (AvgIpc) is 2.59. The van der Waals surface area contributed by atoms with Crippen LogP contribution in [-0.2, 0) is 0 Å². The van der Waals surface area contributed by atoms with Crippen molar-refractivity contribution in [2.24, 2.45) is 5.73 Å². The van der Waals surface area contributed by atoms with Gasteiger partial charge in [-0.1, -0.05) is 30.3 Å². The van der Waals surface area contributed by atoms with Gasteiger partial charge < -0.3 is 10.2 Å². The standard InChI is InChI=1S/C13H16N4/c1-17-11-7-10(9-5-3-2-4-6-9)8-15-12(11)16-13(17)14/h2-8,12-13,15-16H,14H2,1H3/i12D,13D/hD. The molecule has 0 spiro atoms. The highest BCUT2D eigenvalue weighted by molar-refractivity contribution is 5.75. The lowest BCUT2D eigenvalue weighted by Crippen LogP contribution is -2.45. The second-order valence-electron chi connectivity index (χ2n) is 4.02. The van der Waals surface area contributed by atoms with Crippen molar-refractivity contribution in [1.82, 2.24) is 15.5 Å². The average molecular weight is 231 g/mol. The lowest BCUT2D eigenvalue weighted by molar-refractivity contribution is 0.336. The maximum Gasteiger partial charge on any atom is 0.133 e. The Labute approximate surface area is 105 Å². The van der Waals surface area contributed by atoms with Gasteiger partial charge in [0.25, 0.3) is 0 Å². The van der Waals surface area contributed by atoms with E-state index < -0.39 is 12.4 Å². The van der Waals surface area contributed by atoms with Gasteiger partial charge in [0, 0.05) is 13.2 Å². The van der Waals surface area contributed by atoms with E-state index in [1.807, 2.05) is 30.3 Å². The molecule has 0 aliphatic carbocycles. The SMILES string of the molecule is [2H]N1C2([2H])NC=C(c3ccccc3)C=C2N(C)C1([2H])N. The van der Waals surface area contributed by atoms with Gasteiger partial charge in [0.05, 0.1) is 8.44 Å². The number of likely N-dealkylation sites (N-methyl/N-ethyl adjacent to an activating group) is 1. The molecule has 2 heterocycles. The number of nitrogens with zero attached hydrogens (tertiary/aromatic N) is 1. The summed E-state index contributed by atoms with van der Waals surface area (Å²) >= 11 is 0. The summed E-state index contributed by atoms with van der Waals surface area (Å²) < 4.78 is 24.3. The Bertz CT molecular complexity index is 599. The molecule has 1 saturated heterocycles. The predicted molar refractivity (Wildman–Crippen MR) is 68.3 cm³/mol. The largest absolute Gasteiger partial charge is 0.370 e. The highest BCUT2D eigenvalue weighted by Crippen LogP contribution is 2.25. The maximum atomic E-state index is 8.36. The Morgan fingerprint density at radius 3 is 2.94 bits per heavy atom. The molecule has 17 heavy (non-hydrogen) atoms. The molecule has 4 heteroatoms. The van der Waals surface area contributed by atoms with Crippen molar-refractivity contribution in [2.45, 2.75) is 12.4 Å². The number of hydrogen-bond acceptors (Lipinski definition) is 4. The van der Waals surface area contributed by atoms with Crippen molar-refractivity contribution < 1.29 is 4.15 Å². The van der Waals surface area contributed by atoms with Crippen LogP contribution in [-0.4, -0.2) is 24.4 Å². The second-order valence-corrected chi connectivity index (χ2v) is 4.02. The molecule has 2 unspecified atom stereocenters. The molecular weight excluding hydrogens is 212 g/mol. The van der Waals surface area contributed by atoms with Gasteiger partial charge in [0.1, 0.15) is 13.8 Å². The van der Waals surface area contributed by atoms with Crippen LogP contribution in [0.1, 0.15) is 8.30 Å². The number of hydrogen-bond donors (Lipinski definition) is 3. The van der Waals surface area contributed by atoms with E-state index >= 15 is 0 Å². The van der Waals surface area contributed by atoms with Gasteiger partial charge >= 0.3 is 0 Å². The van der Waals surface area contributed by atoms with E-state index in [4.69, 9.17) is 9.89 Å². The Kier molecular flexibility index (Phi) is 1.73. The van der Waals surface area contributed by atoms with Crippen molar-refractivity contribution >= 4 is 5.57 Å². The highest BCUT2D eigenvalue weighted by Gasteiger charge is 2.31. The minimum Gasteiger partial charge on any atom is -0.370 e. The van der Waals surface area contributed by atoms with E-state index in [9.17, 15) is 0 Å². The number of nitrogens with two attached hydrogens (primary N) is 1. The number of benzene rings is 1. The third kappa shape index (κ3) is 1.71. The first-order chi connectivity index (χ1) is 9.37. The smallest absolute Gasteiger partial charge is 0.133 e. The van der Waals surface area contributed by atoms with Gasteiger partial charge in [0.15, 0.2) is 0 Å². The van der Waals surface area contributed by atoms with Gasteiger partial charge in [-0.05, 0) is 17.2 Å². The van der Waals surface area contributed by atoms with E-state index in [0.717, 1.165) is 16.4 Å². The van der Waals surface area contributed by atoms with Crippen LogP contribution in [0.3, 0.4) is 0 Å². The van der Waals surface area contributed by atoms with Crippen LogP contribution in [0.5, 0.6) is 0 Å². The Morgan fingerprint density at radius 2 is 2.18 bits per heavy atom. The monoisotopic (exact) mass is 231 g/mol. The van der Waals surface area contributed by atoms with Gasteiger partial charge in [-0.3, -0.25) is 11.0 Å². The fraction of sp³-hybridized carbons (Fsp3) is 0.231. The summed E-state index contributed by atoms with van der Waals surface area (Å²) in [4.78, 5) is 1.43. The van der Waals surface area contributed by atoms with Crippen LogP contribution in [0.15, 0.2) is 48.3 Å². The first kappa shape index (κ1) is 7.53. The molecule has 2 atom stereocenters. The third-order valence-corrected chi connectivity index (χ3v) is 2.94. The van der Waals surface area contributed by atoms with Crippen molar-refractivity contribution in [3.05, 3.63) is 53.9 Å². The molecule has 88 valence electrons. The van der Waals surface area contributed by atoms with E-state index in [0.29, 0.717) is 5.70 Å². The van der Waals surface area contributed by atoms with Gasteiger partial charge in [0.2, 0.25) is 0 Å². The lowest BCUT2D eigenvalue weighted by atomic mass is 10.0. The normalized spacial score (nSPS) is 39.4. The molecule has 0 saturated carbocycles. The topological polar surface area (TPSA) is 53.3 Å². The van der Waals surface area contributed by atoms with Gasteiger partial charge in [-0.25, -0.2) is 0 Å². The van der Waals surface area contributed by atoms with E-state index in [1.165, 1.54) is 4.90 Å². The number of rotatable bonds is 1. The van der Waals surface area contributed by atoms with Crippen molar-refractivity contribution in [2.75, 3.05) is 7.05 Å². The van der Waals surface area contributed by atoms with Crippen LogP contribution in [0.4, 0.5) is 0 Å². The van der Waals surface area contributed by atoms with Crippen molar-refractivity contribution in [1.29, 1.82) is 0 Å². The Hall–Kier alpha value is -1.78. The Balaban J connectivity index is 2.05. The number of dihydropyridines is 1. The first-order valence-electron chi connectivity index (χ1n) is 6.89. The maximum absolute atomic E-state index is 8.36. The summed E-state index contributed by atoms with van der Waals surface area (Å²) in [5.74, 6) is 0. The summed E-state index contributed by atoms with van der Waals surface area (Å²) in [6.07, 6.45) is 0.163. The molecule has 4 nitrogen and oxygen atoms in total. The number of allylic oxidation sites excluding steroid dienone is 2. The fourth-order valence-corrected chi connectivity index (χ4v) is 1.93. The molecule has 3 rings (SSSR count). The highest BCUT2D eigenvalue weighted by atomic mass is 15.4. The van der Waals surface area contributed by atoms with Crippen molar-refractivity contribution in [3.63, 3.8) is 0 Å². The van der Waals surface area contributed by atoms with Crippen LogP contribution in [0.25, 0.3) is 5.57 Å². The van der Waals surface area contributed by atoms with Crippen LogP contribution in [0, 0.1) is 0 Å². The summed E-state index contributed by atoms with van der Waals surface area (Å²) in [6.45, 7) is 0. The molecule has 0 amide bonds. The van der Waals surface area contributed by atoms with Crippen LogP contribution < -0.4 is 16.4 Å². The molecule has 2 aliphatic rings. The molecule has 4 N–H and O–H groups in total. The van der Waals surface area contributed by atoms with E-state index in [-0.39, 0.29) is 0 Å². The second kappa shape index (κ2) is 3.91. The summed E-state index contributed by atoms with van der Waals surface area (Å²) in [5.41, 5.74) is 8.17. The minimum absolute atomic E-state index is 0.478. The minimum atomic E-state index is -1.78. The molecule has 0 aromatic heterocycles. The van der Waals surface area contributed by atoms with Crippen LogP contribution >= 0.6 is 0 Å². The molecular formula is C13H16N4. The summed E-state index contributed by atoms with van der Waals surface area (Å²) in [6, 6.07) is 9.73. The predicted octanol–water partition coefficient (Wildman–Crippen LogP) is 0.618. The quantitative estimate of drug-likeness (QED) is 0.663. The zero-order valence-corrected chi connectivity index (χ0v) is 9.51. The van der Waals surface area contributed by atoms with Crippen LogP contribution in [0.2, 0.25) is 1.41 Å². The van der Waals surface area contributed by atoms with E-state index in [1.54, 1.807) is 19.3 Å². The molecule has 1 fully saturated rings. The zero-order valence-electron chi connectivity index (χ0n) is 12.5. The molecule has 2 aliphatic heterocycles. The fourth-order valence-electron chi connectivity index (χ4n) is 1.93. The zero-order chi connectivity index (χ0) is 14.5. The van der Waals surface area contributed by atoms with Crippen molar-refractivity contribution in [3.8, 4) is 0 Å². The van der Waals surface area contributed by atoms with E-state index in [2.05, 4.69) is 5.32 Å². The third-order valence-electron chi connectivity index (χ3n) is 2.94. The number of nitrogens with one attached hydrogen (secondary N) is 2. The molecule has 1 aromatic rings. The molecule has 0 bridgehead atoms. The molecule has 1 aromatic carbocycles. The number of fused-ring (bicyclic) bond motifs is 1.